The Morgan fingerprint density at radius 3 is 2.71 bits per heavy atom. The molecule has 2 nitrogen and oxygen atoms in total. The van der Waals surface area contributed by atoms with E-state index in [-0.39, 0.29) is 6.10 Å². The molecule has 2 aromatic rings. The van der Waals surface area contributed by atoms with Crippen LogP contribution in [-0.4, -0.2) is 10.1 Å². The van der Waals surface area contributed by atoms with Crippen molar-refractivity contribution in [3.05, 3.63) is 65.5 Å². The minimum atomic E-state index is -0.378. The molecule has 2 atom stereocenters. The Kier molecular flexibility index (Phi) is 2.65. The summed E-state index contributed by atoms with van der Waals surface area (Å²) in [6, 6.07) is 12.3. The van der Waals surface area contributed by atoms with Gasteiger partial charge in [-0.05, 0) is 47.6 Å². The molecule has 0 radical (unpaired) electrons. The van der Waals surface area contributed by atoms with Crippen LogP contribution in [-0.2, 0) is 6.42 Å². The third-order valence-corrected chi connectivity index (χ3v) is 3.56. The molecule has 1 heterocycles. The Morgan fingerprint density at radius 2 is 1.94 bits per heavy atom. The van der Waals surface area contributed by atoms with Crippen LogP contribution in [0, 0.1) is 0 Å². The van der Waals surface area contributed by atoms with Gasteiger partial charge in [0.1, 0.15) is 0 Å². The SMILES string of the molecule is OC(CC1Cc2ccccc21)c1ccncc1. The lowest BCUT2D eigenvalue weighted by molar-refractivity contribution is 0.153. The smallest absolute Gasteiger partial charge is 0.0797 e. The molecule has 2 unspecified atom stereocenters. The molecule has 0 amide bonds. The number of fused-ring (bicyclic) bond motifs is 1. The van der Waals surface area contributed by atoms with Crippen molar-refractivity contribution in [1.82, 2.24) is 4.98 Å². The van der Waals surface area contributed by atoms with Gasteiger partial charge in [-0.1, -0.05) is 24.3 Å². The van der Waals surface area contributed by atoms with Crippen molar-refractivity contribution in [3.63, 3.8) is 0 Å². The zero-order chi connectivity index (χ0) is 11.7. The Bertz CT molecular complexity index is 509. The lowest BCUT2D eigenvalue weighted by atomic mass is 9.74. The van der Waals surface area contributed by atoms with Crippen molar-refractivity contribution in [2.24, 2.45) is 0 Å². The molecule has 2 heteroatoms. The van der Waals surface area contributed by atoms with Crippen molar-refractivity contribution >= 4 is 0 Å². The number of nitrogens with zero attached hydrogens (tertiary/aromatic N) is 1. The Hall–Kier alpha value is -1.67. The van der Waals surface area contributed by atoms with Gasteiger partial charge in [-0.25, -0.2) is 0 Å². The fourth-order valence-corrected chi connectivity index (χ4v) is 2.56. The highest BCUT2D eigenvalue weighted by Gasteiger charge is 2.27. The minimum absolute atomic E-state index is 0.378. The summed E-state index contributed by atoms with van der Waals surface area (Å²) in [6.07, 6.45) is 4.98. The molecule has 17 heavy (non-hydrogen) atoms. The molecule has 0 fully saturated rings. The van der Waals surface area contributed by atoms with Crippen LogP contribution in [0.1, 0.15) is 35.1 Å². The summed E-state index contributed by atoms with van der Waals surface area (Å²) in [5, 5.41) is 10.2. The third-order valence-electron chi connectivity index (χ3n) is 3.56. The number of aromatic nitrogens is 1. The molecule has 1 aliphatic carbocycles. The van der Waals surface area contributed by atoms with Crippen molar-refractivity contribution in [3.8, 4) is 0 Å². The van der Waals surface area contributed by atoms with E-state index in [2.05, 4.69) is 29.2 Å². The second kappa shape index (κ2) is 4.30. The third kappa shape index (κ3) is 1.96. The second-order valence-electron chi connectivity index (χ2n) is 4.63. The van der Waals surface area contributed by atoms with E-state index in [0.717, 1.165) is 18.4 Å². The van der Waals surface area contributed by atoms with Gasteiger partial charge in [0.05, 0.1) is 6.10 Å². The first kappa shape index (κ1) is 10.5. The number of hydrogen-bond donors (Lipinski definition) is 1. The number of benzene rings is 1. The zero-order valence-corrected chi connectivity index (χ0v) is 9.58. The zero-order valence-electron chi connectivity index (χ0n) is 9.58. The lowest BCUT2D eigenvalue weighted by Gasteiger charge is -2.31. The maximum Gasteiger partial charge on any atom is 0.0797 e. The highest BCUT2D eigenvalue weighted by molar-refractivity contribution is 5.40. The predicted molar refractivity (Wildman–Crippen MR) is 66.7 cm³/mol. The standard InChI is InChI=1S/C15H15NO/c17-15(11-5-7-16-8-6-11)10-13-9-12-3-1-2-4-14(12)13/h1-8,13,15,17H,9-10H2. The Balaban J connectivity index is 1.70. The van der Waals surface area contributed by atoms with Crippen LogP contribution in [0.25, 0.3) is 0 Å². The van der Waals surface area contributed by atoms with Gasteiger partial charge in [-0.3, -0.25) is 4.98 Å². The van der Waals surface area contributed by atoms with Crippen LogP contribution in [0.2, 0.25) is 0 Å². The maximum atomic E-state index is 10.2. The van der Waals surface area contributed by atoms with E-state index in [4.69, 9.17) is 0 Å². The van der Waals surface area contributed by atoms with Gasteiger partial charge in [0.2, 0.25) is 0 Å². The first-order chi connectivity index (χ1) is 8.34. The number of pyridine rings is 1. The molecule has 1 aromatic heterocycles. The number of aliphatic hydroxyl groups excluding tert-OH is 1. The van der Waals surface area contributed by atoms with Crippen molar-refractivity contribution < 1.29 is 5.11 Å². The summed E-state index contributed by atoms with van der Waals surface area (Å²) in [7, 11) is 0. The van der Waals surface area contributed by atoms with E-state index < -0.39 is 0 Å². The van der Waals surface area contributed by atoms with Crippen LogP contribution >= 0.6 is 0 Å². The van der Waals surface area contributed by atoms with Gasteiger partial charge in [-0.15, -0.1) is 0 Å². The molecule has 1 N–H and O–H groups in total. The summed E-state index contributed by atoms with van der Waals surface area (Å²) in [6.45, 7) is 0. The molecule has 3 rings (SSSR count). The average molecular weight is 225 g/mol. The predicted octanol–water partition coefficient (Wildman–Crippen LogP) is 2.85. The summed E-state index contributed by atoms with van der Waals surface area (Å²) in [5.74, 6) is 0.509. The van der Waals surface area contributed by atoms with E-state index in [1.807, 2.05) is 12.1 Å². The minimum Gasteiger partial charge on any atom is -0.388 e. The maximum absolute atomic E-state index is 10.2. The van der Waals surface area contributed by atoms with Crippen LogP contribution < -0.4 is 0 Å². The fraction of sp³-hybridized carbons (Fsp3) is 0.267. The largest absolute Gasteiger partial charge is 0.388 e. The molecule has 0 aliphatic heterocycles. The Morgan fingerprint density at radius 1 is 1.18 bits per heavy atom. The van der Waals surface area contributed by atoms with E-state index in [9.17, 15) is 5.11 Å². The summed E-state index contributed by atoms with van der Waals surface area (Å²) >= 11 is 0. The van der Waals surface area contributed by atoms with Crippen LogP contribution in [0.4, 0.5) is 0 Å². The van der Waals surface area contributed by atoms with Crippen LogP contribution in [0.5, 0.6) is 0 Å². The molecule has 0 bridgehead atoms. The number of rotatable bonds is 3. The monoisotopic (exact) mass is 225 g/mol. The second-order valence-corrected chi connectivity index (χ2v) is 4.63. The molecule has 1 aliphatic rings. The van der Waals surface area contributed by atoms with Crippen molar-refractivity contribution in [2.75, 3.05) is 0 Å². The molecule has 0 spiro atoms. The van der Waals surface area contributed by atoms with Gasteiger partial charge < -0.3 is 5.11 Å². The molecular weight excluding hydrogens is 210 g/mol. The highest BCUT2D eigenvalue weighted by atomic mass is 16.3. The van der Waals surface area contributed by atoms with Gasteiger partial charge in [0, 0.05) is 12.4 Å². The van der Waals surface area contributed by atoms with E-state index >= 15 is 0 Å². The average Bonchev–Trinajstić information content (AvgIpc) is 2.37. The normalized spacial score (nSPS) is 19.2. The van der Waals surface area contributed by atoms with Crippen molar-refractivity contribution in [2.45, 2.75) is 24.9 Å². The molecular formula is C15H15NO. The van der Waals surface area contributed by atoms with E-state index in [0.29, 0.717) is 5.92 Å². The molecule has 86 valence electrons. The summed E-state index contributed by atoms with van der Waals surface area (Å²) in [4.78, 5) is 3.97. The molecule has 0 saturated heterocycles. The van der Waals surface area contributed by atoms with Gasteiger partial charge in [-0.2, -0.15) is 0 Å². The summed E-state index contributed by atoms with van der Waals surface area (Å²) < 4.78 is 0. The topological polar surface area (TPSA) is 33.1 Å². The number of hydrogen-bond acceptors (Lipinski definition) is 2. The first-order valence-electron chi connectivity index (χ1n) is 6.00. The number of aliphatic hydroxyl groups is 1. The first-order valence-corrected chi connectivity index (χ1v) is 6.00. The fourth-order valence-electron chi connectivity index (χ4n) is 2.56. The van der Waals surface area contributed by atoms with Crippen LogP contribution in [0.3, 0.4) is 0 Å². The molecule has 1 aromatic carbocycles. The highest BCUT2D eigenvalue weighted by Crippen LogP contribution is 2.40. The quantitative estimate of drug-likeness (QED) is 0.871. The molecule has 0 saturated carbocycles. The summed E-state index contributed by atoms with van der Waals surface area (Å²) in [5.41, 5.74) is 3.80. The van der Waals surface area contributed by atoms with Gasteiger partial charge in [0.15, 0.2) is 0 Å². The lowest BCUT2D eigenvalue weighted by Crippen LogP contribution is -2.19. The Labute approximate surface area is 101 Å². The van der Waals surface area contributed by atoms with Gasteiger partial charge in [0.25, 0.3) is 0 Å². The van der Waals surface area contributed by atoms with E-state index in [1.54, 1.807) is 12.4 Å². The van der Waals surface area contributed by atoms with E-state index in [1.165, 1.54) is 11.1 Å². The van der Waals surface area contributed by atoms with Crippen molar-refractivity contribution in [1.29, 1.82) is 0 Å². The van der Waals surface area contributed by atoms with Gasteiger partial charge >= 0.3 is 0 Å². The van der Waals surface area contributed by atoms with Crippen LogP contribution in [0.15, 0.2) is 48.8 Å².